The van der Waals surface area contributed by atoms with Crippen LogP contribution in [0.25, 0.3) is 21.9 Å². The molecule has 13 heteroatoms. The number of allylic oxidation sites excluding steroid dienone is 4. The van der Waals surface area contributed by atoms with E-state index in [2.05, 4.69) is 56.7 Å². The van der Waals surface area contributed by atoms with Gasteiger partial charge in [0, 0.05) is 47.1 Å². The number of fused-ring (bicyclic) bond motifs is 2. The third-order valence-corrected chi connectivity index (χ3v) is 9.17. The highest BCUT2D eigenvalue weighted by molar-refractivity contribution is 5.87. The van der Waals surface area contributed by atoms with E-state index < -0.39 is 11.6 Å². The second kappa shape index (κ2) is 18.7. The summed E-state index contributed by atoms with van der Waals surface area (Å²) in [5.41, 5.74) is 6.54. The molecule has 2 aromatic heterocycles. The standard InChI is InChI=1S/C27H28FN5O.C9H8FN3O.C4H8O/c1-19-5-8-25-26(14-19)32-27(31-25)18-33-11-9-21(10-12-33)24(4-2-3-13-34)30-17-22-7-6-20(16-29)15-23(22)28;1-5-7-2-6(11-4-14)3-8(10)9(7)13-12-5;1-4-2-3-5-4/h2-8,13-15,21,30H,9-12,17-18H2,1H3,(H,31,32);2-4H,1H3,(H,11,14)(H,12,13);4H,2-3H2,1H3/b3-2-,24-4-;;/t;;4-/m..1/s1. The fourth-order valence-electron chi connectivity index (χ4n) is 6.07. The number of benzene rings is 3. The highest BCUT2D eigenvalue weighted by atomic mass is 19.1. The first-order valence-electron chi connectivity index (χ1n) is 17.6. The van der Waals surface area contributed by atoms with E-state index in [0.717, 1.165) is 73.6 Å². The van der Waals surface area contributed by atoms with Crippen molar-refractivity contribution < 1.29 is 23.1 Å². The van der Waals surface area contributed by atoms with Crippen LogP contribution in [0.2, 0.25) is 0 Å². The van der Waals surface area contributed by atoms with E-state index in [0.29, 0.717) is 46.8 Å². The molecule has 11 nitrogen and oxygen atoms in total. The molecule has 53 heavy (non-hydrogen) atoms. The Morgan fingerprint density at radius 3 is 2.49 bits per heavy atom. The van der Waals surface area contributed by atoms with Gasteiger partial charge in [-0.15, -0.1) is 0 Å². The van der Waals surface area contributed by atoms with Crippen molar-refractivity contribution in [3.63, 3.8) is 0 Å². The molecular weight excluding hydrogens is 678 g/mol. The number of carbonyl (C=O) groups is 2. The Labute approximate surface area is 307 Å². The Morgan fingerprint density at radius 1 is 1.06 bits per heavy atom. The van der Waals surface area contributed by atoms with Gasteiger partial charge in [0.1, 0.15) is 23.4 Å². The molecule has 2 saturated heterocycles. The molecule has 0 unspecified atom stereocenters. The summed E-state index contributed by atoms with van der Waals surface area (Å²) in [7, 11) is 0. The van der Waals surface area contributed by atoms with E-state index in [1.165, 1.54) is 30.2 Å². The molecule has 0 radical (unpaired) electrons. The van der Waals surface area contributed by atoms with Crippen LogP contribution in [0.1, 0.15) is 54.4 Å². The summed E-state index contributed by atoms with van der Waals surface area (Å²) >= 11 is 0. The van der Waals surface area contributed by atoms with Crippen molar-refractivity contribution in [2.75, 3.05) is 25.0 Å². The van der Waals surface area contributed by atoms with Crippen LogP contribution in [0.4, 0.5) is 14.5 Å². The third-order valence-electron chi connectivity index (χ3n) is 9.17. The largest absolute Gasteiger partial charge is 0.384 e. The summed E-state index contributed by atoms with van der Waals surface area (Å²) in [4.78, 5) is 31.4. The highest BCUT2D eigenvalue weighted by Crippen LogP contribution is 2.26. The number of nitriles is 1. The Bertz CT molecular complexity index is 2120. The molecule has 7 rings (SSSR count). The minimum atomic E-state index is -0.448. The number of hydrogen-bond acceptors (Lipinski definition) is 8. The second-order valence-electron chi connectivity index (χ2n) is 13.1. The van der Waals surface area contributed by atoms with Crippen LogP contribution in [0.15, 0.2) is 72.5 Å². The van der Waals surface area contributed by atoms with Crippen LogP contribution < -0.4 is 10.6 Å². The number of imidazole rings is 1. The maximum Gasteiger partial charge on any atom is 0.211 e. The van der Waals surface area contributed by atoms with Gasteiger partial charge in [0.2, 0.25) is 6.41 Å². The van der Waals surface area contributed by atoms with E-state index in [-0.39, 0.29) is 5.92 Å². The van der Waals surface area contributed by atoms with Gasteiger partial charge in [-0.3, -0.25) is 19.6 Å². The zero-order valence-electron chi connectivity index (χ0n) is 30.1. The van der Waals surface area contributed by atoms with Crippen molar-refractivity contribution in [1.29, 1.82) is 5.26 Å². The van der Waals surface area contributed by atoms with Gasteiger partial charge in [-0.1, -0.05) is 18.2 Å². The molecule has 1 atom stereocenters. The monoisotopic (exact) mass is 722 g/mol. The number of H-pyrrole nitrogens is 2. The van der Waals surface area contributed by atoms with Crippen LogP contribution in [-0.4, -0.2) is 63.6 Å². The summed E-state index contributed by atoms with van der Waals surface area (Å²) in [6.45, 7) is 9.87. The van der Waals surface area contributed by atoms with Crippen molar-refractivity contribution >= 4 is 40.3 Å². The number of anilines is 1. The molecule has 4 N–H and O–H groups in total. The number of aldehydes is 1. The number of halogens is 2. The molecule has 0 saturated carbocycles. The summed E-state index contributed by atoms with van der Waals surface area (Å²) < 4.78 is 32.6. The number of nitrogens with zero attached hydrogens (tertiary/aromatic N) is 4. The van der Waals surface area contributed by atoms with Crippen molar-refractivity contribution in [2.24, 2.45) is 5.92 Å². The summed E-state index contributed by atoms with van der Waals surface area (Å²) in [6, 6.07) is 15.6. The first-order valence-corrected chi connectivity index (χ1v) is 17.6. The maximum atomic E-state index is 14.3. The topological polar surface area (TPSA) is 152 Å². The fourth-order valence-corrected chi connectivity index (χ4v) is 6.07. The van der Waals surface area contributed by atoms with Gasteiger partial charge in [0.25, 0.3) is 0 Å². The number of aromatic amines is 2. The Hall–Kier alpha value is -5.71. The Kier molecular flexibility index (Phi) is 13.6. The number of carbonyl (C=O) groups excluding carboxylic acids is 2. The molecule has 3 aromatic carbocycles. The lowest BCUT2D eigenvalue weighted by molar-refractivity contribution is -0.105. The van der Waals surface area contributed by atoms with Crippen molar-refractivity contribution in [3.05, 3.63) is 112 Å². The van der Waals surface area contributed by atoms with Gasteiger partial charge >= 0.3 is 0 Å². The Morgan fingerprint density at radius 2 is 1.83 bits per heavy atom. The Balaban J connectivity index is 0.000000231. The quantitative estimate of drug-likeness (QED) is 0.0691. The molecule has 276 valence electrons. The molecule has 4 heterocycles. The average molecular weight is 723 g/mol. The maximum absolute atomic E-state index is 14.3. The highest BCUT2D eigenvalue weighted by Gasteiger charge is 2.23. The van der Waals surface area contributed by atoms with Gasteiger partial charge in [0.15, 0.2) is 5.82 Å². The molecule has 1 amide bonds. The lowest BCUT2D eigenvalue weighted by Crippen LogP contribution is -2.36. The predicted molar refractivity (Wildman–Crippen MR) is 201 cm³/mol. The van der Waals surface area contributed by atoms with Crippen LogP contribution in [-0.2, 0) is 27.4 Å². The molecule has 2 fully saturated rings. The van der Waals surface area contributed by atoms with E-state index in [1.54, 1.807) is 31.2 Å². The molecule has 0 aliphatic carbocycles. The van der Waals surface area contributed by atoms with E-state index in [9.17, 15) is 18.4 Å². The molecule has 0 spiro atoms. The van der Waals surface area contributed by atoms with Crippen LogP contribution >= 0.6 is 0 Å². The zero-order valence-corrected chi connectivity index (χ0v) is 30.1. The molecule has 0 bridgehead atoms. The average Bonchev–Trinajstić information content (AvgIpc) is 3.72. The molecule has 2 aliphatic heterocycles. The number of hydrogen-bond donors (Lipinski definition) is 4. The van der Waals surface area contributed by atoms with Gasteiger partial charge in [-0.05, 0) is 107 Å². The number of rotatable bonds is 10. The van der Waals surface area contributed by atoms with E-state index in [4.69, 9.17) is 15.0 Å². The number of amides is 1. The number of aryl methyl sites for hydroxylation is 2. The number of nitrogens with one attached hydrogen (secondary N) is 4. The van der Waals surface area contributed by atoms with E-state index in [1.807, 2.05) is 18.2 Å². The smallest absolute Gasteiger partial charge is 0.211 e. The zero-order chi connectivity index (χ0) is 37.7. The first-order chi connectivity index (χ1) is 25.7. The number of piperidine rings is 1. The number of aromatic nitrogens is 4. The van der Waals surface area contributed by atoms with E-state index >= 15 is 0 Å². The van der Waals surface area contributed by atoms with Crippen molar-refractivity contribution in [1.82, 2.24) is 30.4 Å². The molecule has 5 aromatic rings. The summed E-state index contributed by atoms with van der Waals surface area (Å²) in [5.74, 6) is 0.409. The van der Waals surface area contributed by atoms with Gasteiger partial charge in [-0.25, -0.2) is 13.8 Å². The minimum Gasteiger partial charge on any atom is -0.384 e. The molecule has 2 aliphatic rings. The van der Waals surface area contributed by atoms with Crippen LogP contribution in [0.3, 0.4) is 0 Å². The van der Waals surface area contributed by atoms with Gasteiger partial charge < -0.3 is 20.4 Å². The second-order valence-corrected chi connectivity index (χ2v) is 13.1. The molecular formula is C40H44F2N8O3. The fraction of sp³-hybridized carbons (Fsp3) is 0.325. The summed E-state index contributed by atoms with van der Waals surface area (Å²) in [5, 5.41) is 21.9. The van der Waals surface area contributed by atoms with Crippen LogP contribution in [0.5, 0.6) is 0 Å². The van der Waals surface area contributed by atoms with Crippen LogP contribution in [0, 0.1) is 42.7 Å². The normalized spacial score (nSPS) is 16.2. The third kappa shape index (κ3) is 10.7. The lowest BCUT2D eigenvalue weighted by atomic mass is 9.92. The predicted octanol–water partition coefficient (Wildman–Crippen LogP) is 6.90. The summed E-state index contributed by atoms with van der Waals surface area (Å²) in [6.07, 6.45) is 10.0. The SMILES string of the molecule is C[C@@H]1CCO1.Cc1[nH]nc2c(F)cc(NC=O)cc12.Cc1ccc2nc(CN3CCC(/C(=C/C=C\C=O)NCc4ccc(C#N)cc4F)CC3)[nH]c2c1. The van der Waals surface area contributed by atoms with Crippen molar-refractivity contribution in [3.8, 4) is 6.07 Å². The minimum absolute atomic E-state index is 0.285. The van der Waals surface area contributed by atoms with Crippen molar-refractivity contribution in [2.45, 2.75) is 59.2 Å². The number of likely N-dealkylation sites (tertiary alicyclic amines) is 1. The lowest BCUT2D eigenvalue weighted by Gasteiger charge is -2.33. The first kappa shape index (κ1) is 38.5. The number of ether oxygens (including phenoxy) is 1. The van der Waals surface area contributed by atoms with Gasteiger partial charge in [-0.2, -0.15) is 10.4 Å². The van der Waals surface area contributed by atoms with Gasteiger partial charge in [0.05, 0.1) is 35.3 Å².